The van der Waals surface area contributed by atoms with Gasteiger partial charge in [0.05, 0.1) is 38.3 Å². The van der Waals surface area contributed by atoms with Crippen LogP contribution in [0.5, 0.6) is 17.2 Å². The largest absolute Gasteiger partial charge is 0.494 e. The molecule has 0 fully saturated rings. The molecular weight excluding hydrogens is 502 g/mol. The van der Waals surface area contributed by atoms with Gasteiger partial charge in [-0.2, -0.15) is 0 Å². The number of ether oxygens (including phenoxy) is 3. The number of carbonyl (C=O) groups excluding carboxylic acids is 1. The minimum absolute atomic E-state index is 0.0143. The molecule has 4 aromatic rings. The SMILES string of the molecule is COc1ccc(CC(=O)NCCCc2nc3ccccc3n2CCCCOc2ccc(C(C)C)cc2)cc1OC. The van der Waals surface area contributed by atoms with Gasteiger partial charge in [0, 0.05) is 19.5 Å². The topological polar surface area (TPSA) is 74.6 Å². The Kier molecular flexibility index (Phi) is 10.4. The van der Waals surface area contributed by atoms with Crippen LogP contribution in [0.25, 0.3) is 11.0 Å². The Morgan fingerprint density at radius 3 is 2.45 bits per heavy atom. The fourth-order valence-corrected chi connectivity index (χ4v) is 4.79. The molecule has 0 unspecified atom stereocenters. The predicted molar refractivity (Wildman–Crippen MR) is 160 cm³/mol. The average molecular weight is 544 g/mol. The van der Waals surface area contributed by atoms with Crippen LogP contribution in [0.1, 0.15) is 56.0 Å². The molecule has 1 N–H and O–H groups in total. The number of aryl methyl sites for hydroxylation is 2. The summed E-state index contributed by atoms with van der Waals surface area (Å²) in [4.78, 5) is 17.4. The predicted octanol–water partition coefficient (Wildman–Crippen LogP) is 6.33. The highest BCUT2D eigenvalue weighted by Gasteiger charge is 2.12. The first-order valence-corrected chi connectivity index (χ1v) is 14.1. The van der Waals surface area contributed by atoms with Gasteiger partial charge in [-0.15, -0.1) is 0 Å². The van der Waals surface area contributed by atoms with E-state index < -0.39 is 0 Å². The molecule has 0 saturated heterocycles. The van der Waals surface area contributed by atoms with Gasteiger partial charge in [0.1, 0.15) is 11.6 Å². The lowest BCUT2D eigenvalue weighted by Gasteiger charge is -2.12. The minimum atomic E-state index is -0.0143. The van der Waals surface area contributed by atoms with Gasteiger partial charge in [-0.1, -0.05) is 44.2 Å². The van der Waals surface area contributed by atoms with Crippen LogP contribution in [0.15, 0.2) is 66.7 Å². The van der Waals surface area contributed by atoms with E-state index in [9.17, 15) is 4.79 Å². The molecule has 40 heavy (non-hydrogen) atoms. The van der Waals surface area contributed by atoms with Crippen LogP contribution in [0.2, 0.25) is 0 Å². The number of nitrogens with zero attached hydrogens (tertiary/aromatic N) is 2. The van der Waals surface area contributed by atoms with Crippen LogP contribution in [-0.4, -0.2) is 42.8 Å². The number of carbonyl (C=O) groups is 1. The molecule has 4 rings (SSSR count). The Morgan fingerprint density at radius 2 is 1.70 bits per heavy atom. The Morgan fingerprint density at radius 1 is 0.925 bits per heavy atom. The zero-order valence-electron chi connectivity index (χ0n) is 24.1. The molecule has 0 spiro atoms. The number of nitrogens with one attached hydrogen (secondary N) is 1. The van der Waals surface area contributed by atoms with Crippen LogP contribution in [0.3, 0.4) is 0 Å². The maximum absolute atomic E-state index is 12.5. The van der Waals surface area contributed by atoms with Crippen molar-refractivity contribution in [1.82, 2.24) is 14.9 Å². The number of hydrogen-bond acceptors (Lipinski definition) is 5. The number of imidazole rings is 1. The van der Waals surface area contributed by atoms with E-state index in [1.54, 1.807) is 14.2 Å². The fourth-order valence-electron chi connectivity index (χ4n) is 4.79. The van der Waals surface area contributed by atoms with Crippen molar-refractivity contribution in [2.24, 2.45) is 0 Å². The van der Waals surface area contributed by atoms with E-state index in [1.165, 1.54) is 5.56 Å². The molecule has 0 radical (unpaired) electrons. The highest BCUT2D eigenvalue weighted by molar-refractivity contribution is 5.79. The Bertz CT molecular complexity index is 1380. The Hall–Kier alpha value is -4.00. The number of amides is 1. The number of fused-ring (bicyclic) bond motifs is 1. The quantitative estimate of drug-likeness (QED) is 0.177. The zero-order valence-corrected chi connectivity index (χ0v) is 24.1. The van der Waals surface area contributed by atoms with Crippen LogP contribution in [0.4, 0.5) is 0 Å². The lowest BCUT2D eigenvalue weighted by Crippen LogP contribution is -2.26. The van der Waals surface area contributed by atoms with Gasteiger partial charge in [-0.3, -0.25) is 4.79 Å². The Labute approximate surface area is 237 Å². The summed E-state index contributed by atoms with van der Waals surface area (Å²) < 4.78 is 18.9. The molecule has 0 atom stereocenters. The van der Waals surface area contributed by atoms with E-state index in [-0.39, 0.29) is 5.91 Å². The van der Waals surface area contributed by atoms with E-state index in [1.807, 2.05) is 24.3 Å². The number of methoxy groups -OCH3 is 2. The van der Waals surface area contributed by atoms with Gasteiger partial charge < -0.3 is 24.1 Å². The number of aromatic nitrogens is 2. The third-order valence-corrected chi connectivity index (χ3v) is 7.04. The van der Waals surface area contributed by atoms with E-state index in [0.717, 1.165) is 60.4 Å². The average Bonchev–Trinajstić information content (AvgIpc) is 3.32. The maximum atomic E-state index is 12.5. The molecule has 7 heteroatoms. The van der Waals surface area contributed by atoms with Crippen LogP contribution < -0.4 is 19.5 Å². The van der Waals surface area contributed by atoms with Gasteiger partial charge in [0.25, 0.3) is 0 Å². The van der Waals surface area contributed by atoms with Crippen molar-refractivity contribution in [2.45, 2.75) is 58.4 Å². The maximum Gasteiger partial charge on any atom is 0.224 e. The summed E-state index contributed by atoms with van der Waals surface area (Å²) in [5, 5.41) is 3.04. The van der Waals surface area contributed by atoms with Crippen molar-refractivity contribution in [3.05, 3.63) is 83.7 Å². The smallest absolute Gasteiger partial charge is 0.224 e. The number of hydrogen-bond donors (Lipinski definition) is 1. The normalized spacial score (nSPS) is 11.1. The summed E-state index contributed by atoms with van der Waals surface area (Å²) >= 11 is 0. The summed E-state index contributed by atoms with van der Waals surface area (Å²) in [6.45, 7) is 6.56. The number of unbranched alkanes of at least 4 members (excludes halogenated alkanes) is 1. The number of benzene rings is 3. The third-order valence-electron chi connectivity index (χ3n) is 7.04. The van der Waals surface area contributed by atoms with E-state index >= 15 is 0 Å². The second-order valence-corrected chi connectivity index (χ2v) is 10.3. The van der Waals surface area contributed by atoms with Crippen LogP contribution >= 0.6 is 0 Å². The molecule has 0 aliphatic carbocycles. The lowest BCUT2D eigenvalue weighted by molar-refractivity contribution is -0.120. The van der Waals surface area contributed by atoms with Gasteiger partial charge in [0.15, 0.2) is 11.5 Å². The molecule has 7 nitrogen and oxygen atoms in total. The first-order valence-electron chi connectivity index (χ1n) is 14.1. The first kappa shape index (κ1) is 29.0. The van der Waals surface area contributed by atoms with E-state index in [2.05, 4.69) is 66.2 Å². The summed E-state index contributed by atoms with van der Waals surface area (Å²) in [5.74, 6) is 3.76. The third kappa shape index (κ3) is 7.78. The monoisotopic (exact) mass is 543 g/mol. The lowest BCUT2D eigenvalue weighted by atomic mass is 10.0. The molecule has 1 amide bonds. The van der Waals surface area contributed by atoms with Crippen molar-refractivity contribution < 1.29 is 19.0 Å². The van der Waals surface area contributed by atoms with Crippen molar-refractivity contribution >= 4 is 16.9 Å². The van der Waals surface area contributed by atoms with Gasteiger partial charge in [-0.05, 0) is 72.7 Å². The molecule has 0 bridgehead atoms. The second-order valence-electron chi connectivity index (χ2n) is 10.3. The van der Waals surface area contributed by atoms with Crippen LogP contribution in [-0.2, 0) is 24.2 Å². The standard InChI is InChI=1S/C33H41N3O4/c1-24(2)26-14-16-27(17-15-26)40-21-8-7-20-36-29-11-6-5-10-28(29)35-32(36)12-9-19-34-33(37)23-25-13-18-30(38-3)31(22-25)39-4/h5-6,10-11,13-18,22,24H,7-9,12,19-21,23H2,1-4H3,(H,34,37). The number of rotatable bonds is 15. The van der Waals surface area contributed by atoms with Gasteiger partial charge in [0.2, 0.25) is 5.91 Å². The molecule has 0 aliphatic rings. The molecule has 3 aromatic carbocycles. The zero-order chi connectivity index (χ0) is 28.3. The summed E-state index contributed by atoms with van der Waals surface area (Å²) in [6, 6.07) is 22.2. The van der Waals surface area contributed by atoms with Crippen molar-refractivity contribution in [1.29, 1.82) is 0 Å². The van der Waals surface area contributed by atoms with Crippen molar-refractivity contribution in [3.63, 3.8) is 0 Å². The molecule has 0 saturated carbocycles. The fraction of sp³-hybridized carbons (Fsp3) is 0.394. The Balaban J connectivity index is 1.25. The molecule has 0 aliphatic heterocycles. The first-order chi connectivity index (χ1) is 19.5. The van der Waals surface area contributed by atoms with E-state index in [0.29, 0.717) is 37.0 Å². The molecule has 1 heterocycles. The highest BCUT2D eigenvalue weighted by Crippen LogP contribution is 2.27. The van der Waals surface area contributed by atoms with Crippen molar-refractivity contribution in [3.8, 4) is 17.2 Å². The summed E-state index contributed by atoms with van der Waals surface area (Å²) in [7, 11) is 3.19. The summed E-state index contributed by atoms with van der Waals surface area (Å²) in [5.41, 5.74) is 4.37. The number of para-hydroxylation sites is 2. The van der Waals surface area contributed by atoms with Crippen molar-refractivity contribution in [2.75, 3.05) is 27.4 Å². The molecule has 212 valence electrons. The molecular formula is C33H41N3O4. The van der Waals surface area contributed by atoms with Gasteiger partial charge >= 0.3 is 0 Å². The summed E-state index contributed by atoms with van der Waals surface area (Å²) in [6.07, 6.45) is 3.87. The van der Waals surface area contributed by atoms with Crippen LogP contribution in [0, 0.1) is 0 Å². The second kappa shape index (κ2) is 14.4. The van der Waals surface area contributed by atoms with Gasteiger partial charge in [-0.25, -0.2) is 4.98 Å². The minimum Gasteiger partial charge on any atom is -0.494 e. The highest BCUT2D eigenvalue weighted by atomic mass is 16.5. The molecule has 1 aromatic heterocycles. The van der Waals surface area contributed by atoms with E-state index in [4.69, 9.17) is 19.2 Å².